The van der Waals surface area contributed by atoms with Gasteiger partial charge in [0, 0.05) is 28.7 Å². The van der Waals surface area contributed by atoms with Gasteiger partial charge in [0.05, 0.1) is 23.4 Å². The molecule has 0 bridgehead atoms. The number of carbonyl (C=O) groups excluding carboxylic acids is 5. The van der Waals surface area contributed by atoms with Crippen LogP contribution in [0, 0.1) is 17.8 Å². The molecule has 1 heterocycles. The number of ketones is 2. The van der Waals surface area contributed by atoms with Gasteiger partial charge in [-0.25, -0.2) is 4.79 Å². The van der Waals surface area contributed by atoms with Crippen molar-refractivity contribution in [2.24, 2.45) is 23.5 Å². The molecule has 1 saturated heterocycles. The number of primary amides is 1. The third-order valence-electron chi connectivity index (χ3n) is 7.11. The Morgan fingerprint density at radius 3 is 2.59 bits per heavy atom. The highest BCUT2D eigenvalue weighted by Crippen LogP contribution is 2.56. The van der Waals surface area contributed by atoms with E-state index >= 15 is 0 Å². The second kappa shape index (κ2) is 7.76. The number of carbonyl (C=O) groups is 5. The summed E-state index contributed by atoms with van der Waals surface area (Å²) in [4.78, 5) is 64.5. The number of ether oxygens (including phenoxy) is 1. The highest BCUT2D eigenvalue weighted by atomic mass is 79.9. The maximum Gasteiger partial charge on any atom is 0.328 e. The number of imide groups is 3. The number of benzene rings is 1. The van der Waals surface area contributed by atoms with Gasteiger partial charge >= 0.3 is 6.03 Å². The number of halogens is 1. The summed E-state index contributed by atoms with van der Waals surface area (Å²) < 4.78 is 5.34. The summed E-state index contributed by atoms with van der Waals surface area (Å²) in [6.45, 7) is 0. The van der Waals surface area contributed by atoms with Crippen molar-refractivity contribution in [3.63, 3.8) is 0 Å². The Kier molecular flexibility index (Phi) is 5.09. The Labute approximate surface area is 202 Å². The van der Waals surface area contributed by atoms with Crippen LogP contribution in [0.4, 0.5) is 4.79 Å². The lowest BCUT2D eigenvalue weighted by atomic mass is 9.59. The normalized spacial score (nSPS) is 28.2. The minimum absolute atomic E-state index is 0.0443. The van der Waals surface area contributed by atoms with Crippen molar-refractivity contribution in [2.75, 3.05) is 7.11 Å². The molecule has 34 heavy (non-hydrogen) atoms. The smallest absolute Gasteiger partial charge is 0.328 e. The van der Waals surface area contributed by atoms with Crippen LogP contribution in [0.1, 0.15) is 24.3 Å². The zero-order valence-electron chi connectivity index (χ0n) is 17.9. The lowest BCUT2D eigenvalue weighted by Gasteiger charge is -2.42. The minimum Gasteiger partial charge on any atom is -0.504 e. The van der Waals surface area contributed by atoms with Crippen molar-refractivity contribution in [1.29, 1.82) is 0 Å². The molecule has 0 saturated carbocycles. The number of aromatic hydroxyl groups is 1. The van der Waals surface area contributed by atoms with Gasteiger partial charge in [0.2, 0.25) is 11.8 Å². The number of rotatable bonds is 2. The van der Waals surface area contributed by atoms with Crippen LogP contribution in [0.2, 0.25) is 0 Å². The molecule has 0 aromatic heterocycles. The predicted octanol–water partition coefficient (Wildman–Crippen LogP) is 2.24. The Morgan fingerprint density at radius 2 is 1.91 bits per heavy atom. The number of likely N-dealkylation sites (tertiary alicyclic amines) is 1. The number of para-hydroxylation sites is 1. The number of hydrogen-bond donors (Lipinski definition) is 2. The summed E-state index contributed by atoms with van der Waals surface area (Å²) in [6, 6.07) is 3.71. The van der Waals surface area contributed by atoms with Gasteiger partial charge in [-0.05, 0) is 40.8 Å². The molecule has 4 unspecified atom stereocenters. The number of allylic oxidation sites excluding steroid dienone is 6. The zero-order valence-corrected chi connectivity index (χ0v) is 19.5. The monoisotopic (exact) mass is 526 g/mol. The van der Waals surface area contributed by atoms with Crippen LogP contribution < -0.4 is 10.5 Å². The molecule has 1 aromatic carbocycles. The number of hydrogen-bond acceptors (Lipinski definition) is 7. The number of nitrogens with two attached hydrogens (primary N) is 1. The van der Waals surface area contributed by atoms with E-state index in [9.17, 15) is 29.1 Å². The first-order valence-electron chi connectivity index (χ1n) is 10.6. The number of urea groups is 1. The molecule has 0 spiro atoms. The topological polar surface area (TPSA) is 144 Å². The molecule has 10 heteroatoms. The fourth-order valence-electron chi connectivity index (χ4n) is 5.72. The Bertz CT molecular complexity index is 1310. The molecular formula is C24H19BrN2O7. The Balaban J connectivity index is 1.73. The van der Waals surface area contributed by atoms with E-state index in [2.05, 4.69) is 15.9 Å². The molecule has 174 valence electrons. The van der Waals surface area contributed by atoms with Crippen LogP contribution in [-0.2, 0) is 19.2 Å². The lowest BCUT2D eigenvalue weighted by Crippen LogP contribution is -2.42. The molecule has 9 nitrogen and oxygen atoms in total. The third kappa shape index (κ3) is 2.94. The van der Waals surface area contributed by atoms with E-state index in [0.717, 1.165) is 0 Å². The van der Waals surface area contributed by atoms with Gasteiger partial charge < -0.3 is 15.6 Å². The van der Waals surface area contributed by atoms with Crippen LogP contribution >= 0.6 is 15.9 Å². The van der Waals surface area contributed by atoms with Crippen LogP contribution in [0.25, 0.3) is 0 Å². The number of phenolic OH excluding ortho intramolecular Hbond substituents is 1. The van der Waals surface area contributed by atoms with Crippen LogP contribution in [0.15, 0.2) is 51.6 Å². The van der Waals surface area contributed by atoms with Crippen LogP contribution in [0.3, 0.4) is 0 Å². The van der Waals surface area contributed by atoms with E-state index in [1.807, 2.05) is 0 Å². The summed E-state index contributed by atoms with van der Waals surface area (Å²) in [6.07, 6.45) is 3.19. The van der Waals surface area contributed by atoms with E-state index in [1.54, 1.807) is 24.3 Å². The van der Waals surface area contributed by atoms with Gasteiger partial charge in [0.1, 0.15) is 0 Å². The average molecular weight is 527 g/mol. The van der Waals surface area contributed by atoms with Crippen LogP contribution in [0.5, 0.6) is 11.5 Å². The fourth-order valence-corrected chi connectivity index (χ4v) is 6.16. The number of Topliss-reactive ketones (excluding diaryl/α,β-unsaturated/α-hetero) is 1. The summed E-state index contributed by atoms with van der Waals surface area (Å²) in [5.74, 6) is -5.31. The van der Waals surface area contributed by atoms with Crippen molar-refractivity contribution >= 4 is 45.3 Å². The number of methoxy groups -OCH3 is 1. The Hall–Kier alpha value is -3.53. The van der Waals surface area contributed by atoms with E-state index in [-0.39, 0.29) is 45.8 Å². The van der Waals surface area contributed by atoms with E-state index in [4.69, 9.17) is 10.5 Å². The maximum absolute atomic E-state index is 13.1. The number of phenols is 1. The first-order chi connectivity index (χ1) is 16.2. The molecule has 1 fully saturated rings. The van der Waals surface area contributed by atoms with Gasteiger partial charge in [0.15, 0.2) is 23.1 Å². The molecule has 4 atom stereocenters. The number of nitrogens with zero attached hydrogens (tertiary/aromatic N) is 1. The van der Waals surface area contributed by atoms with Crippen molar-refractivity contribution in [3.8, 4) is 11.5 Å². The highest BCUT2D eigenvalue weighted by Gasteiger charge is 2.57. The second-order valence-corrected chi connectivity index (χ2v) is 9.50. The average Bonchev–Trinajstić information content (AvgIpc) is 3.06. The van der Waals surface area contributed by atoms with Gasteiger partial charge in [-0.15, -0.1) is 0 Å². The molecule has 4 aliphatic rings. The van der Waals surface area contributed by atoms with E-state index in [1.165, 1.54) is 13.2 Å². The molecule has 5 rings (SSSR count). The van der Waals surface area contributed by atoms with Gasteiger partial charge in [0.25, 0.3) is 0 Å². The quantitative estimate of drug-likeness (QED) is 0.341. The molecule has 1 aliphatic heterocycles. The second-order valence-electron chi connectivity index (χ2n) is 8.64. The number of amides is 4. The predicted molar refractivity (Wildman–Crippen MR) is 121 cm³/mol. The molecule has 3 aliphatic carbocycles. The fraction of sp³-hybridized carbons (Fsp3) is 0.292. The number of fused-ring (bicyclic) bond motifs is 3. The molecule has 4 amide bonds. The minimum atomic E-state index is -1.14. The standard InChI is InChI=1S/C24H19BrN2O7/c1-34-16-4-2-3-10(21(16)30)17-9-5-6-11-18(23(32)27(22(11)31)24(26)33)12(9)7-13-19(17)15(28)8-14(25)20(13)29/h2-5,8,11-12,17-18,30H,6-7H2,1H3,(H2,26,33). The van der Waals surface area contributed by atoms with Crippen molar-refractivity contribution in [3.05, 3.63) is 57.1 Å². The summed E-state index contributed by atoms with van der Waals surface area (Å²) in [5.41, 5.74) is 6.72. The lowest BCUT2D eigenvalue weighted by molar-refractivity contribution is -0.136. The van der Waals surface area contributed by atoms with Gasteiger partial charge in [-0.1, -0.05) is 23.8 Å². The molecule has 1 aromatic rings. The third-order valence-corrected chi connectivity index (χ3v) is 7.70. The summed E-state index contributed by atoms with van der Waals surface area (Å²) in [5, 5.41) is 10.9. The van der Waals surface area contributed by atoms with E-state index < -0.39 is 47.3 Å². The SMILES string of the molecule is COc1cccc(C2C3=CCC4C(=O)N(C(N)=O)C(=O)C4C3CC3=C2C(=O)C=C(Br)C3=O)c1O. The van der Waals surface area contributed by atoms with Crippen LogP contribution in [-0.4, -0.2) is 46.5 Å². The summed E-state index contributed by atoms with van der Waals surface area (Å²) in [7, 11) is 1.40. The molecule has 0 radical (unpaired) electrons. The Morgan fingerprint density at radius 1 is 1.18 bits per heavy atom. The van der Waals surface area contributed by atoms with E-state index in [0.29, 0.717) is 16.0 Å². The first-order valence-corrected chi connectivity index (χ1v) is 11.4. The van der Waals surface area contributed by atoms with Crippen molar-refractivity contribution in [1.82, 2.24) is 4.90 Å². The molecular weight excluding hydrogens is 508 g/mol. The van der Waals surface area contributed by atoms with Crippen molar-refractivity contribution in [2.45, 2.75) is 18.8 Å². The van der Waals surface area contributed by atoms with Gasteiger partial charge in [-0.3, -0.25) is 19.2 Å². The molecule has 3 N–H and O–H groups in total. The summed E-state index contributed by atoms with van der Waals surface area (Å²) >= 11 is 3.15. The zero-order chi connectivity index (χ0) is 24.5. The first kappa shape index (κ1) is 22.3. The highest BCUT2D eigenvalue weighted by molar-refractivity contribution is 9.12. The largest absolute Gasteiger partial charge is 0.504 e. The van der Waals surface area contributed by atoms with Gasteiger partial charge in [-0.2, -0.15) is 4.90 Å². The maximum atomic E-state index is 13.1. The van der Waals surface area contributed by atoms with Crippen molar-refractivity contribution < 1.29 is 33.8 Å².